The van der Waals surface area contributed by atoms with Crippen LogP contribution in [-0.4, -0.2) is 18.9 Å². The number of hydrogen-bond donors (Lipinski definition) is 2. The Kier molecular flexibility index (Phi) is 4.96. The Balaban J connectivity index is 1.66. The van der Waals surface area contributed by atoms with Crippen LogP contribution in [0.3, 0.4) is 0 Å². The van der Waals surface area contributed by atoms with Gasteiger partial charge in [-0.2, -0.15) is 5.26 Å². The largest absolute Gasteiger partial charge is 0.383 e. The number of carbonyl (C=O) groups excluding carboxylic acids is 1. The smallest absolute Gasteiger partial charge is 0.159 e. The van der Waals surface area contributed by atoms with Gasteiger partial charge < -0.3 is 10.6 Å². The first kappa shape index (κ1) is 16.5. The molecule has 0 aliphatic rings. The molecule has 0 radical (unpaired) electrons. The highest BCUT2D eigenvalue weighted by Gasteiger charge is 2.06. The standard InChI is InChI=1S/C21H19N3O/c1-15(25)17-9-10-18(14-22)21(13-17)24-12-11-23-20-8-4-6-16-5-2-3-7-19(16)20/h2-10,13,23-24H,11-12H2,1H3. The molecule has 3 rings (SSSR count). The van der Waals surface area contributed by atoms with Gasteiger partial charge >= 0.3 is 0 Å². The lowest BCUT2D eigenvalue weighted by molar-refractivity contribution is 0.101. The van der Waals surface area contributed by atoms with Gasteiger partial charge in [-0.25, -0.2) is 0 Å². The van der Waals surface area contributed by atoms with Crippen LogP contribution in [0.1, 0.15) is 22.8 Å². The number of fused-ring (bicyclic) bond motifs is 1. The van der Waals surface area contributed by atoms with Crippen molar-refractivity contribution in [3.63, 3.8) is 0 Å². The first-order chi connectivity index (χ1) is 12.2. The summed E-state index contributed by atoms with van der Waals surface area (Å²) in [5.41, 5.74) is 2.91. The van der Waals surface area contributed by atoms with Crippen molar-refractivity contribution >= 4 is 27.9 Å². The highest BCUT2D eigenvalue weighted by Crippen LogP contribution is 2.23. The molecule has 0 aliphatic heterocycles. The molecular formula is C21H19N3O. The van der Waals surface area contributed by atoms with Crippen molar-refractivity contribution in [3.05, 3.63) is 71.8 Å². The number of nitrogens with zero attached hydrogens (tertiary/aromatic N) is 1. The normalized spacial score (nSPS) is 10.2. The Labute approximate surface area is 147 Å². The van der Waals surface area contributed by atoms with Crippen LogP contribution in [-0.2, 0) is 0 Å². The summed E-state index contributed by atoms with van der Waals surface area (Å²) in [4.78, 5) is 11.5. The van der Waals surface area contributed by atoms with E-state index in [0.717, 1.165) is 5.69 Å². The molecule has 124 valence electrons. The summed E-state index contributed by atoms with van der Waals surface area (Å²) in [6.45, 7) is 2.86. The van der Waals surface area contributed by atoms with Gasteiger partial charge in [0.1, 0.15) is 6.07 Å². The molecule has 25 heavy (non-hydrogen) atoms. The summed E-state index contributed by atoms with van der Waals surface area (Å²) in [6, 6.07) is 21.7. The molecule has 0 saturated heterocycles. The second kappa shape index (κ2) is 7.50. The van der Waals surface area contributed by atoms with Crippen molar-refractivity contribution in [2.24, 2.45) is 0 Å². The summed E-state index contributed by atoms with van der Waals surface area (Å²) in [5.74, 6) is -0.0126. The van der Waals surface area contributed by atoms with Gasteiger partial charge in [-0.05, 0) is 36.6 Å². The third-order valence-corrected chi connectivity index (χ3v) is 4.09. The van der Waals surface area contributed by atoms with E-state index in [1.165, 1.54) is 17.7 Å². The zero-order valence-electron chi connectivity index (χ0n) is 14.0. The van der Waals surface area contributed by atoms with Crippen LogP contribution in [0.2, 0.25) is 0 Å². The summed E-state index contributed by atoms with van der Waals surface area (Å²) in [7, 11) is 0. The van der Waals surface area contributed by atoms with E-state index < -0.39 is 0 Å². The van der Waals surface area contributed by atoms with Crippen LogP contribution in [0.5, 0.6) is 0 Å². The van der Waals surface area contributed by atoms with Crippen LogP contribution in [0.4, 0.5) is 11.4 Å². The third-order valence-electron chi connectivity index (χ3n) is 4.09. The van der Waals surface area contributed by atoms with Gasteiger partial charge in [-0.3, -0.25) is 4.79 Å². The number of benzene rings is 3. The number of ketones is 1. The maximum absolute atomic E-state index is 11.5. The topological polar surface area (TPSA) is 64.9 Å². The van der Waals surface area contributed by atoms with E-state index in [2.05, 4.69) is 41.0 Å². The highest BCUT2D eigenvalue weighted by molar-refractivity contribution is 5.95. The van der Waals surface area contributed by atoms with E-state index in [4.69, 9.17) is 0 Å². The summed E-state index contributed by atoms with van der Waals surface area (Å²) in [5, 5.41) is 18.2. The molecular weight excluding hydrogens is 310 g/mol. The van der Waals surface area contributed by atoms with E-state index in [1.807, 2.05) is 18.2 Å². The minimum absolute atomic E-state index is 0.0126. The lowest BCUT2D eigenvalue weighted by atomic mass is 10.1. The summed E-state index contributed by atoms with van der Waals surface area (Å²) in [6.07, 6.45) is 0. The number of anilines is 2. The predicted octanol–water partition coefficient (Wildman–Crippen LogP) is 4.44. The molecule has 0 amide bonds. The van der Waals surface area contributed by atoms with Crippen LogP contribution >= 0.6 is 0 Å². The van der Waals surface area contributed by atoms with Crippen molar-refractivity contribution in [1.29, 1.82) is 5.26 Å². The van der Waals surface area contributed by atoms with E-state index >= 15 is 0 Å². The SMILES string of the molecule is CC(=O)c1ccc(C#N)c(NCCNc2cccc3ccccc23)c1. The lowest BCUT2D eigenvalue weighted by Gasteiger charge is -2.12. The number of hydrogen-bond acceptors (Lipinski definition) is 4. The van der Waals surface area contributed by atoms with Gasteiger partial charge in [0.15, 0.2) is 5.78 Å². The Morgan fingerprint density at radius 3 is 2.44 bits per heavy atom. The van der Waals surface area contributed by atoms with E-state index in [1.54, 1.807) is 18.2 Å². The Bertz CT molecular complexity index is 952. The number of nitriles is 1. The van der Waals surface area contributed by atoms with Gasteiger partial charge in [0.25, 0.3) is 0 Å². The molecule has 0 bridgehead atoms. The number of carbonyl (C=O) groups is 1. The number of rotatable bonds is 6. The molecule has 3 aromatic rings. The van der Waals surface area contributed by atoms with E-state index in [9.17, 15) is 10.1 Å². The van der Waals surface area contributed by atoms with Crippen LogP contribution in [0.25, 0.3) is 10.8 Å². The molecule has 0 saturated carbocycles. The fraction of sp³-hybridized carbons (Fsp3) is 0.143. The Morgan fingerprint density at radius 2 is 1.68 bits per heavy atom. The number of nitrogens with one attached hydrogen (secondary N) is 2. The molecule has 3 aromatic carbocycles. The Morgan fingerprint density at radius 1 is 0.960 bits per heavy atom. The number of Topliss-reactive ketones (excluding diaryl/α,β-unsaturated/α-hetero) is 1. The van der Waals surface area contributed by atoms with Gasteiger partial charge in [0.2, 0.25) is 0 Å². The zero-order chi connectivity index (χ0) is 17.6. The molecule has 0 unspecified atom stereocenters. The van der Waals surface area contributed by atoms with Crippen molar-refractivity contribution in [2.45, 2.75) is 6.92 Å². The third kappa shape index (κ3) is 3.78. The fourth-order valence-corrected chi connectivity index (χ4v) is 2.78. The maximum Gasteiger partial charge on any atom is 0.159 e. The molecule has 0 heterocycles. The van der Waals surface area contributed by atoms with Gasteiger partial charge in [0.05, 0.1) is 11.3 Å². The second-order valence-corrected chi connectivity index (χ2v) is 5.81. The summed E-state index contributed by atoms with van der Waals surface area (Å²) < 4.78 is 0. The van der Waals surface area contributed by atoms with Gasteiger partial charge in [0, 0.05) is 29.7 Å². The quantitative estimate of drug-likeness (QED) is 0.518. The molecule has 0 fully saturated rings. The monoisotopic (exact) mass is 329 g/mol. The van der Waals surface area contributed by atoms with E-state index in [-0.39, 0.29) is 5.78 Å². The molecule has 4 nitrogen and oxygen atoms in total. The van der Waals surface area contributed by atoms with Crippen molar-refractivity contribution in [1.82, 2.24) is 0 Å². The van der Waals surface area contributed by atoms with Gasteiger partial charge in [-0.1, -0.05) is 36.4 Å². The van der Waals surface area contributed by atoms with Crippen LogP contribution in [0, 0.1) is 11.3 Å². The van der Waals surface area contributed by atoms with Crippen LogP contribution in [0.15, 0.2) is 60.7 Å². The van der Waals surface area contributed by atoms with Crippen molar-refractivity contribution in [3.8, 4) is 6.07 Å². The molecule has 4 heteroatoms. The fourth-order valence-electron chi connectivity index (χ4n) is 2.78. The lowest BCUT2D eigenvalue weighted by Crippen LogP contribution is -2.14. The first-order valence-electron chi connectivity index (χ1n) is 8.19. The van der Waals surface area contributed by atoms with Gasteiger partial charge in [-0.15, -0.1) is 0 Å². The van der Waals surface area contributed by atoms with E-state index in [0.29, 0.717) is 29.9 Å². The molecule has 0 aliphatic carbocycles. The molecule has 0 atom stereocenters. The molecule has 0 aromatic heterocycles. The minimum atomic E-state index is -0.0126. The van der Waals surface area contributed by atoms with Crippen molar-refractivity contribution in [2.75, 3.05) is 23.7 Å². The zero-order valence-corrected chi connectivity index (χ0v) is 14.0. The average molecular weight is 329 g/mol. The predicted molar refractivity (Wildman–Crippen MR) is 102 cm³/mol. The maximum atomic E-state index is 11.5. The minimum Gasteiger partial charge on any atom is -0.383 e. The highest BCUT2D eigenvalue weighted by atomic mass is 16.1. The first-order valence-corrected chi connectivity index (χ1v) is 8.19. The summed E-state index contributed by atoms with van der Waals surface area (Å²) >= 11 is 0. The van der Waals surface area contributed by atoms with Crippen LogP contribution < -0.4 is 10.6 Å². The molecule has 2 N–H and O–H groups in total. The van der Waals surface area contributed by atoms with Crippen molar-refractivity contribution < 1.29 is 4.79 Å². The second-order valence-electron chi connectivity index (χ2n) is 5.81. The Hall–Kier alpha value is -3.32. The average Bonchev–Trinajstić information content (AvgIpc) is 2.65. The molecule has 0 spiro atoms.